The maximum Gasteiger partial charge on any atom is 0.246 e. The normalized spacial score (nSPS) is 16.4. The summed E-state index contributed by atoms with van der Waals surface area (Å²) in [6.07, 6.45) is 1.11. The summed E-state index contributed by atoms with van der Waals surface area (Å²) in [6.45, 7) is 9.33. The van der Waals surface area contributed by atoms with Gasteiger partial charge in [0.1, 0.15) is 10.6 Å². The van der Waals surface area contributed by atoms with Crippen molar-refractivity contribution in [2.45, 2.75) is 58.4 Å². The third-order valence-electron chi connectivity index (χ3n) is 5.76. The third kappa shape index (κ3) is 4.88. The number of likely N-dealkylation sites (tertiary alicyclic amines) is 1. The molecule has 1 atom stereocenters. The molecular formula is C22H29N3O5S. The van der Waals surface area contributed by atoms with Gasteiger partial charge < -0.3 is 9.42 Å². The molecule has 1 aliphatic rings. The number of Topliss-reactive ketones (excluding diaryl/α,β-unsaturated/α-hetero) is 1. The number of ketones is 1. The molecule has 3 rings (SSSR count). The number of carbonyl (C=O) groups excluding carboxylic acids is 2. The number of carbonyl (C=O) groups is 2. The van der Waals surface area contributed by atoms with Crippen molar-refractivity contribution in [3.8, 4) is 0 Å². The number of nitrogens with one attached hydrogen (secondary N) is 1. The molecule has 8 nitrogen and oxygen atoms in total. The van der Waals surface area contributed by atoms with Gasteiger partial charge in [0.25, 0.3) is 0 Å². The molecule has 1 aromatic heterocycles. The van der Waals surface area contributed by atoms with Crippen LogP contribution in [0.4, 0.5) is 0 Å². The molecule has 0 bridgehead atoms. The fourth-order valence-electron chi connectivity index (χ4n) is 4.15. The van der Waals surface area contributed by atoms with E-state index in [-0.39, 0.29) is 34.0 Å². The molecule has 1 N–H and O–H groups in total. The number of nitrogens with zero attached hydrogens (tertiary/aromatic N) is 2. The lowest BCUT2D eigenvalue weighted by Gasteiger charge is -2.33. The van der Waals surface area contributed by atoms with Gasteiger partial charge in [-0.05, 0) is 53.0 Å². The van der Waals surface area contributed by atoms with Crippen LogP contribution in [-0.2, 0) is 14.8 Å². The number of aromatic nitrogens is 1. The van der Waals surface area contributed by atoms with E-state index in [9.17, 15) is 18.0 Å². The predicted molar refractivity (Wildman–Crippen MR) is 115 cm³/mol. The Kier molecular flexibility index (Phi) is 6.66. The lowest BCUT2D eigenvalue weighted by atomic mass is 9.87. The topological polar surface area (TPSA) is 110 Å². The number of sulfonamides is 1. The van der Waals surface area contributed by atoms with Crippen LogP contribution < -0.4 is 4.72 Å². The van der Waals surface area contributed by atoms with Crippen LogP contribution in [0.5, 0.6) is 0 Å². The second kappa shape index (κ2) is 8.92. The Balaban J connectivity index is 1.61. The van der Waals surface area contributed by atoms with E-state index in [1.54, 1.807) is 4.90 Å². The Hall–Kier alpha value is -2.52. The Bertz CT molecular complexity index is 1080. The van der Waals surface area contributed by atoms with Crippen LogP contribution in [0.3, 0.4) is 0 Å². The quantitative estimate of drug-likeness (QED) is 0.682. The summed E-state index contributed by atoms with van der Waals surface area (Å²) in [7, 11) is -3.94. The molecule has 0 spiro atoms. The Labute approximate surface area is 183 Å². The van der Waals surface area contributed by atoms with E-state index in [1.807, 2.05) is 32.0 Å². The minimum absolute atomic E-state index is 0.0371. The molecule has 1 fully saturated rings. The van der Waals surface area contributed by atoms with Gasteiger partial charge in [0, 0.05) is 24.6 Å². The van der Waals surface area contributed by atoms with Crippen LogP contribution in [0.25, 0.3) is 0 Å². The summed E-state index contributed by atoms with van der Waals surface area (Å²) < 4.78 is 32.7. The second-order valence-corrected chi connectivity index (χ2v) is 9.93. The van der Waals surface area contributed by atoms with Gasteiger partial charge in [-0.2, -0.15) is 4.72 Å². The van der Waals surface area contributed by atoms with Crippen molar-refractivity contribution in [2.24, 2.45) is 5.92 Å². The average molecular weight is 448 g/mol. The number of amides is 1. The van der Waals surface area contributed by atoms with Crippen LogP contribution in [-0.4, -0.2) is 49.3 Å². The first-order chi connectivity index (χ1) is 14.5. The zero-order chi connectivity index (χ0) is 22.9. The summed E-state index contributed by atoms with van der Waals surface area (Å²) in [6, 6.07) is 4.87. The van der Waals surface area contributed by atoms with Crippen LogP contribution in [0.15, 0.2) is 27.6 Å². The maximum absolute atomic E-state index is 12.9. The van der Waals surface area contributed by atoms with Gasteiger partial charge in [0.15, 0.2) is 11.5 Å². The Morgan fingerprint density at radius 3 is 2.35 bits per heavy atom. The summed E-state index contributed by atoms with van der Waals surface area (Å²) in [5, 5.41) is 3.66. The van der Waals surface area contributed by atoms with E-state index in [2.05, 4.69) is 9.88 Å². The molecular weight excluding hydrogens is 418 g/mol. The standard InChI is InChI=1S/C22H29N3O5S/c1-13-6-7-19(14(2)12-13)20(26)18-8-10-25(11-9-18)22(27)16(4)24-31(28,29)21-15(3)23-30-17(21)5/h6-7,12,16,18,24H,8-11H2,1-5H3/t16-/m0/s1. The first-order valence-corrected chi connectivity index (χ1v) is 11.8. The van der Waals surface area contributed by atoms with Crippen molar-refractivity contribution in [3.05, 3.63) is 46.3 Å². The summed E-state index contributed by atoms with van der Waals surface area (Å²) in [5.41, 5.74) is 3.06. The lowest BCUT2D eigenvalue weighted by molar-refractivity contribution is -0.133. The van der Waals surface area contributed by atoms with Gasteiger partial charge in [-0.1, -0.05) is 28.9 Å². The number of benzene rings is 1. The highest BCUT2D eigenvalue weighted by molar-refractivity contribution is 7.89. The maximum atomic E-state index is 12.9. The van der Waals surface area contributed by atoms with Gasteiger partial charge in [0.2, 0.25) is 15.9 Å². The number of hydrogen-bond acceptors (Lipinski definition) is 6. The highest BCUT2D eigenvalue weighted by atomic mass is 32.2. The summed E-state index contributed by atoms with van der Waals surface area (Å²) >= 11 is 0. The van der Waals surface area contributed by atoms with Crippen molar-refractivity contribution in [2.75, 3.05) is 13.1 Å². The van der Waals surface area contributed by atoms with E-state index in [4.69, 9.17) is 4.52 Å². The molecule has 31 heavy (non-hydrogen) atoms. The number of aryl methyl sites for hydroxylation is 4. The third-order valence-corrected chi connectivity index (χ3v) is 7.55. The summed E-state index contributed by atoms with van der Waals surface area (Å²) in [4.78, 5) is 27.3. The highest BCUT2D eigenvalue weighted by Crippen LogP contribution is 2.25. The SMILES string of the molecule is Cc1ccc(C(=O)C2CCN(C(=O)[C@H](C)NS(=O)(=O)c3c(C)noc3C)CC2)c(C)c1. The molecule has 168 valence electrons. The van der Waals surface area contributed by atoms with Crippen molar-refractivity contribution >= 4 is 21.7 Å². The van der Waals surface area contributed by atoms with Crippen molar-refractivity contribution in [1.82, 2.24) is 14.8 Å². The molecule has 0 radical (unpaired) electrons. The average Bonchev–Trinajstić information content (AvgIpc) is 3.05. The van der Waals surface area contributed by atoms with Crippen LogP contribution in [0.2, 0.25) is 0 Å². The predicted octanol–water partition coefficient (Wildman–Crippen LogP) is 2.70. The fraction of sp³-hybridized carbons (Fsp3) is 0.500. The van der Waals surface area contributed by atoms with Crippen LogP contribution >= 0.6 is 0 Å². The largest absolute Gasteiger partial charge is 0.360 e. The highest BCUT2D eigenvalue weighted by Gasteiger charge is 2.33. The van der Waals surface area contributed by atoms with Crippen LogP contribution in [0, 0.1) is 33.6 Å². The fourth-order valence-corrected chi connectivity index (χ4v) is 5.67. The molecule has 1 amide bonds. The van der Waals surface area contributed by atoms with Gasteiger partial charge in [-0.3, -0.25) is 9.59 Å². The molecule has 0 unspecified atom stereocenters. The van der Waals surface area contributed by atoms with E-state index in [0.29, 0.717) is 25.9 Å². The molecule has 1 aliphatic heterocycles. The van der Waals surface area contributed by atoms with E-state index in [1.165, 1.54) is 20.8 Å². The zero-order valence-electron chi connectivity index (χ0n) is 18.6. The first kappa shape index (κ1) is 23.1. The molecule has 1 saturated heterocycles. The molecule has 2 heterocycles. The Morgan fingerprint density at radius 2 is 1.81 bits per heavy atom. The van der Waals surface area contributed by atoms with E-state index in [0.717, 1.165) is 16.7 Å². The molecule has 1 aromatic carbocycles. The number of piperidine rings is 1. The van der Waals surface area contributed by atoms with E-state index >= 15 is 0 Å². The smallest absolute Gasteiger partial charge is 0.246 e. The van der Waals surface area contributed by atoms with Gasteiger partial charge in [0.05, 0.1) is 6.04 Å². The van der Waals surface area contributed by atoms with Crippen molar-refractivity contribution < 1.29 is 22.5 Å². The zero-order valence-corrected chi connectivity index (χ0v) is 19.4. The monoisotopic (exact) mass is 447 g/mol. The second-order valence-electron chi connectivity index (χ2n) is 8.28. The summed E-state index contributed by atoms with van der Waals surface area (Å²) in [5.74, 6) is -0.167. The minimum atomic E-state index is -3.94. The van der Waals surface area contributed by atoms with E-state index < -0.39 is 16.1 Å². The first-order valence-electron chi connectivity index (χ1n) is 10.4. The molecule has 0 saturated carbocycles. The Morgan fingerprint density at radius 1 is 1.16 bits per heavy atom. The number of hydrogen-bond donors (Lipinski definition) is 1. The van der Waals surface area contributed by atoms with Crippen molar-refractivity contribution in [1.29, 1.82) is 0 Å². The molecule has 9 heteroatoms. The van der Waals surface area contributed by atoms with Crippen molar-refractivity contribution in [3.63, 3.8) is 0 Å². The van der Waals surface area contributed by atoms with Gasteiger partial charge >= 0.3 is 0 Å². The van der Waals surface area contributed by atoms with Gasteiger partial charge in [-0.15, -0.1) is 0 Å². The minimum Gasteiger partial charge on any atom is -0.360 e. The van der Waals surface area contributed by atoms with Gasteiger partial charge in [-0.25, -0.2) is 8.42 Å². The lowest BCUT2D eigenvalue weighted by Crippen LogP contribution is -2.49. The number of rotatable bonds is 6. The molecule has 2 aromatic rings. The molecule has 0 aliphatic carbocycles. The van der Waals surface area contributed by atoms with Crippen LogP contribution in [0.1, 0.15) is 52.7 Å².